The molecule has 2 heterocycles. The Kier molecular flexibility index (Phi) is 3.57. The molecule has 0 saturated carbocycles. The first-order valence-electron chi connectivity index (χ1n) is 6.00. The molecule has 0 saturated heterocycles. The van der Waals surface area contributed by atoms with Crippen LogP contribution in [-0.2, 0) is 30.7 Å². The van der Waals surface area contributed by atoms with Gasteiger partial charge in [-0.1, -0.05) is 0 Å². The van der Waals surface area contributed by atoms with E-state index < -0.39 is 10.0 Å². The van der Waals surface area contributed by atoms with Gasteiger partial charge in [0, 0.05) is 31.9 Å². The Morgan fingerprint density at radius 3 is 2.35 bits per heavy atom. The minimum Gasteiger partial charge on any atom is -0.381 e. The number of hydrogen-bond donors (Lipinski definition) is 2. The second-order valence-electron chi connectivity index (χ2n) is 4.63. The molecule has 0 bridgehead atoms. The average Bonchev–Trinajstić information content (AvgIpc) is 2.80. The second kappa shape index (κ2) is 4.91. The maximum Gasteiger partial charge on any atom is 0.246 e. The van der Waals surface area contributed by atoms with E-state index in [1.54, 1.807) is 31.9 Å². The van der Waals surface area contributed by atoms with Gasteiger partial charge >= 0.3 is 0 Å². The quantitative estimate of drug-likeness (QED) is 0.815. The summed E-state index contributed by atoms with van der Waals surface area (Å²) in [5, 5.41) is 7.98. The molecule has 0 atom stereocenters. The summed E-state index contributed by atoms with van der Waals surface area (Å²) in [5.41, 5.74) is 7.88. The van der Waals surface area contributed by atoms with Crippen molar-refractivity contribution in [1.29, 1.82) is 0 Å². The van der Waals surface area contributed by atoms with E-state index in [0.717, 1.165) is 11.3 Å². The van der Waals surface area contributed by atoms with Gasteiger partial charge in [0.05, 0.1) is 11.9 Å². The molecule has 2 aromatic heterocycles. The molecule has 8 nitrogen and oxygen atoms in total. The first-order valence-corrected chi connectivity index (χ1v) is 7.48. The van der Waals surface area contributed by atoms with E-state index in [4.69, 9.17) is 5.73 Å². The minimum absolute atomic E-state index is 0.000378. The molecule has 2 rings (SSSR count). The van der Waals surface area contributed by atoms with Crippen molar-refractivity contribution in [2.45, 2.75) is 25.3 Å². The van der Waals surface area contributed by atoms with Crippen molar-refractivity contribution in [3.05, 3.63) is 23.1 Å². The molecule has 0 fully saturated rings. The molecule has 20 heavy (non-hydrogen) atoms. The number of nitrogen functional groups attached to an aromatic ring is 1. The summed E-state index contributed by atoms with van der Waals surface area (Å²) < 4.78 is 30.3. The highest BCUT2D eigenvalue weighted by Gasteiger charge is 2.24. The number of aromatic nitrogens is 4. The molecule has 110 valence electrons. The molecule has 0 spiro atoms. The smallest absolute Gasteiger partial charge is 0.246 e. The molecular weight excluding hydrogens is 280 g/mol. The predicted octanol–water partition coefficient (Wildman–Crippen LogP) is -0.169. The Morgan fingerprint density at radius 2 is 1.90 bits per heavy atom. The number of sulfonamides is 1. The van der Waals surface area contributed by atoms with Crippen LogP contribution < -0.4 is 10.5 Å². The van der Waals surface area contributed by atoms with Crippen LogP contribution in [0.4, 0.5) is 5.82 Å². The lowest BCUT2D eigenvalue weighted by molar-refractivity contribution is 0.580. The van der Waals surface area contributed by atoms with Gasteiger partial charge in [0.2, 0.25) is 10.0 Å². The number of nitrogens with two attached hydrogens (primary N) is 1. The average molecular weight is 298 g/mol. The van der Waals surface area contributed by atoms with Gasteiger partial charge in [-0.3, -0.25) is 9.36 Å². The Balaban J connectivity index is 2.26. The summed E-state index contributed by atoms with van der Waals surface area (Å²) in [5.74, 6) is 0.000378. The molecule has 0 radical (unpaired) electrons. The van der Waals surface area contributed by atoms with Crippen molar-refractivity contribution < 1.29 is 8.42 Å². The van der Waals surface area contributed by atoms with Crippen molar-refractivity contribution >= 4 is 15.8 Å². The van der Waals surface area contributed by atoms with Crippen LogP contribution in [0.1, 0.15) is 17.0 Å². The van der Waals surface area contributed by atoms with Gasteiger partial charge in [-0.05, 0) is 13.8 Å². The standard InChI is InChI=1S/C11H18N6O2S/c1-7-9(5-13-16(7)3)6-14-20(18,19)10-8(2)17(4)15-11(10)12/h5,14H,6H2,1-4H3,(H2,12,15). The molecule has 0 amide bonds. The molecule has 0 aromatic carbocycles. The van der Waals surface area contributed by atoms with E-state index in [-0.39, 0.29) is 17.3 Å². The first kappa shape index (κ1) is 14.5. The van der Waals surface area contributed by atoms with Crippen LogP contribution in [0.5, 0.6) is 0 Å². The van der Waals surface area contributed by atoms with Crippen molar-refractivity contribution in [2.24, 2.45) is 14.1 Å². The maximum atomic E-state index is 12.3. The highest BCUT2D eigenvalue weighted by Crippen LogP contribution is 2.21. The zero-order chi connectivity index (χ0) is 15.1. The van der Waals surface area contributed by atoms with E-state index in [9.17, 15) is 8.42 Å². The summed E-state index contributed by atoms with van der Waals surface area (Å²) in [6, 6.07) is 0. The lowest BCUT2D eigenvalue weighted by Crippen LogP contribution is -2.24. The summed E-state index contributed by atoms with van der Waals surface area (Å²) in [7, 11) is -0.251. The molecule has 3 N–H and O–H groups in total. The number of aryl methyl sites for hydroxylation is 2. The van der Waals surface area contributed by atoms with Gasteiger partial charge in [-0.2, -0.15) is 10.2 Å². The summed E-state index contributed by atoms with van der Waals surface area (Å²) in [4.78, 5) is 0.0292. The number of anilines is 1. The highest BCUT2D eigenvalue weighted by atomic mass is 32.2. The van der Waals surface area contributed by atoms with E-state index >= 15 is 0 Å². The van der Waals surface area contributed by atoms with Crippen LogP contribution in [-0.4, -0.2) is 28.0 Å². The van der Waals surface area contributed by atoms with E-state index in [1.807, 2.05) is 6.92 Å². The van der Waals surface area contributed by atoms with Crippen molar-refractivity contribution in [1.82, 2.24) is 24.3 Å². The summed E-state index contributed by atoms with van der Waals surface area (Å²) in [6.07, 6.45) is 1.64. The van der Waals surface area contributed by atoms with Crippen LogP contribution in [0.2, 0.25) is 0 Å². The zero-order valence-corrected chi connectivity index (χ0v) is 12.7. The van der Waals surface area contributed by atoms with Crippen molar-refractivity contribution in [3.63, 3.8) is 0 Å². The third-order valence-corrected chi connectivity index (χ3v) is 4.93. The fraction of sp³-hybridized carbons (Fsp3) is 0.455. The molecule has 0 aliphatic heterocycles. The van der Waals surface area contributed by atoms with E-state index in [1.165, 1.54) is 4.68 Å². The summed E-state index contributed by atoms with van der Waals surface area (Å²) in [6.45, 7) is 3.70. The lowest BCUT2D eigenvalue weighted by atomic mass is 10.3. The largest absolute Gasteiger partial charge is 0.381 e. The predicted molar refractivity (Wildman–Crippen MR) is 74.3 cm³/mol. The number of hydrogen-bond acceptors (Lipinski definition) is 5. The van der Waals surface area contributed by atoms with Crippen molar-refractivity contribution in [3.8, 4) is 0 Å². The van der Waals surface area contributed by atoms with Crippen LogP contribution >= 0.6 is 0 Å². The van der Waals surface area contributed by atoms with E-state index in [0.29, 0.717) is 5.69 Å². The first-order chi connectivity index (χ1) is 9.24. The van der Waals surface area contributed by atoms with Crippen molar-refractivity contribution in [2.75, 3.05) is 5.73 Å². The molecule has 0 aliphatic carbocycles. The van der Waals surface area contributed by atoms with Gasteiger partial charge in [0.25, 0.3) is 0 Å². The number of nitrogens with zero attached hydrogens (tertiary/aromatic N) is 4. The highest BCUT2D eigenvalue weighted by molar-refractivity contribution is 7.89. The maximum absolute atomic E-state index is 12.3. The second-order valence-corrected chi connectivity index (χ2v) is 6.33. The number of rotatable bonds is 4. The van der Waals surface area contributed by atoms with Gasteiger partial charge in [-0.15, -0.1) is 0 Å². The SMILES string of the molecule is Cc1c(CNS(=O)(=O)c2c(N)nn(C)c2C)cnn1C. The molecule has 0 aliphatic rings. The fourth-order valence-electron chi connectivity index (χ4n) is 1.91. The number of nitrogens with one attached hydrogen (secondary N) is 1. The molecule has 9 heteroatoms. The van der Waals surface area contributed by atoms with Gasteiger partial charge in [0.15, 0.2) is 5.82 Å². The van der Waals surface area contributed by atoms with Gasteiger partial charge in [-0.25, -0.2) is 13.1 Å². The Hall–Kier alpha value is -1.87. The lowest BCUT2D eigenvalue weighted by Gasteiger charge is -2.06. The normalized spacial score (nSPS) is 12.0. The van der Waals surface area contributed by atoms with Crippen LogP contribution in [0, 0.1) is 13.8 Å². The minimum atomic E-state index is -3.70. The topological polar surface area (TPSA) is 108 Å². The van der Waals surface area contributed by atoms with Gasteiger partial charge in [0.1, 0.15) is 4.90 Å². The molecular formula is C11H18N6O2S. The Morgan fingerprint density at radius 1 is 1.25 bits per heavy atom. The fourth-order valence-corrected chi connectivity index (χ4v) is 3.24. The monoisotopic (exact) mass is 298 g/mol. The Labute approximate surface area is 117 Å². The zero-order valence-electron chi connectivity index (χ0n) is 11.9. The molecule has 2 aromatic rings. The van der Waals surface area contributed by atoms with Crippen LogP contribution in [0.15, 0.2) is 11.1 Å². The van der Waals surface area contributed by atoms with Gasteiger partial charge < -0.3 is 5.73 Å². The van der Waals surface area contributed by atoms with Crippen LogP contribution in [0.3, 0.4) is 0 Å². The van der Waals surface area contributed by atoms with Crippen LogP contribution in [0.25, 0.3) is 0 Å². The Bertz CT molecular complexity index is 743. The molecule has 0 unspecified atom stereocenters. The summed E-state index contributed by atoms with van der Waals surface area (Å²) >= 11 is 0. The third-order valence-electron chi connectivity index (χ3n) is 3.36. The third kappa shape index (κ3) is 2.41. The van der Waals surface area contributed by atoms with E-state index in [2.05, 4.69) is 14.9 Å².